The fourth-order valence-corrected chi connectivity index (χ4v) is 3.86. The Balaban J connectivity index is 1.84. The Labute approximate surface area is 184 Å². The van der Waals surface area contributed by atoms with Crippen LogP contribution in [0.3, 0.4) is 0 Å². The number of ether oxygens (including phenoxy) is 1. The topological polar surface area (TPSA) is 79.7 Å². The first kappa shape index (κ1) is 21.2. The van der Waals surface area contributed by atoms with E-state index in [1.165, 1.54) is 17.0 Å². The van der Waals surface area contributed by atoms with E-state index in [0.29, 0.717) is 22.6 Å². The number of methoxy groups -OCH3 is 1. The van der Waals surface area contributed by atoms with Crippen molar-refractivity contribution in [3.05, 3.63) is 101 Å². The zero-order valence-corrected chi connectivity index (χ0v) is 17.6. The number of Topliss-reactive ketones (excluding diaryl/α,β-unsaturated/α-hetero) is 1. The van der Waals surface area contributed by atoms with Crippen LogP contribution in [0.1, 0.15) is 28.4 Å². The standard InChI is InChI=1S/C25H21FN2O4/c1-15-13-17(8-11-20(15)32-2)23(29)21-22(19-5-3-4-12-27-19)28(25(31)24(21)30)14-16-6-9-18(26)10-7-16/h3-13,22,29H,14H2,1-2H3/b23-21-. The van der Waals surface area contributed by atoms with Crippen LogP contribution in [0.25, 0.3) is 5.76 Å². The number of ketones is 1. The Morgan fingerprint density at radius 3 is 2.50 bits per heavy atom. The van der Waals surface area contributed by atoms with Gasteiger partial charge in [0.05, 0.1) is 18.4 Å². The largest absolute Gasteiger partial charge is 0.507 e. The maximum absolute atomic E-state index is 13.3. The molecule has 162 valence electrons. The molecule has 6 nitrogen and oxygen atoms in total. The molecule has 1 amide bonds. The van der Waals surface area contributed by atoms with Gasteiger partial charge in [-0.05, 0) is 60.5 Å². The summed E-state index contributed by atoms with van der Waals surface area (Å²) in [4.78, 5) is 31.7. The number of hydrogen-bond donors (Lipinski definition) is 1. The summed E-state index contributed by atoms with van der Waals surface area (Å²) in [5.74, 6) is -1.59. The van der Waals surface area contributed by atoms with Gasteiger partial charge < -0.3 is 14.7 Å². The minimum absolute atomic E-state index is 0.0413. The second-order valence-corrected chi connectivity index (χ2v) is 7.49. The van der Waals surface area contributed by atoms with Crippen molar-refractivity contribution in [3.8, 4) is 5.75 Å². The van der Waals surface area contributed by atoms with Crippen LogP contribution in [-0.2, 0) is 16.1 Å². The SMILES string of the molecule is COc1ccc(/C(O)=C2/C(=O)C(=O)N(Cc3ccc(F)cc3)C2c2ccccn2)cc1C. The highest BCUT2D eigenvalue weighted by atomic mass is 19.1. The molecular weight excluding hydrogens is 411 g/mol. The van der Waals surface area contributed by atoms with Crippen molar-refractivity contribution >= 4 is 17.4 Å². The van der Waals surface area contributed by atoms with Crippen molar-refractivity contribution in [3.63, 3.8) is 0 Å². The van der Waals surface area contributed by atoms with Gasteiger partial charge in [0.25, 0.3) is 11.7 Å². The van der Waals surface area contributed by atoms with E-state index >= 15 is 0 Å². The van der Waals surface area contributed by atoms with Crippen LogP contribution < -0.4 is 4.74 Å². The molecule has 0 spiro atoms. The minimum atomic E-state index is -0.885. The summed E-state index contributed by atoms with van der Waals surface area (Å²) >= 11 is 0. The van der Waals surface area contributed by atoms with Gasteiger partial charge in [0.2, 0.25) is 0 Å². The number of aliphatic hydroxyl groups is 1. The molecule has 3 aromatic rings. The summed E-state index contributed by atoms with van der Waals surface area (Å²) in [6.07, 6.45) is 1.56. The van der Waals surface area contributed by atoms with Crippen LogP contribution in [0.2, 0.25) is 0 Å². The molecule has 1 aromatic heterocycles. The van der Waals surface area contributed by atoms with Gasteiger partial charge in [-0.25, -0.2) is 4.39 Å². The maximum Gasteiger partial charge on any atom is 0.296 e. The fourth-order valence-electron chi connectivity index (χ4n) is 3.86. The van der Waals surface area contributed by atoms with E-state index in [0.717, 1.165) is 5.56 Å². The van der Waals surface area contributed by atoms with E-state index in [1.807, 2.05) is 6.92 Å². The molecule has 1 saturated heterocycles. The van der Waals surface area contributed by atoms with E-state index in [4.69, 9.17) is 4.74 Å². The zero-order valence-electron chi connectivity index (χ0n) is 17.6. The van der Waals surface area contributed by atoms with Gasteiger partial charge >= 0.3 is 0 Å². The molecule has 0 radical (unpaired) electrons. The summed E-state index contributed by atoms with van der Waals surface area (Å²) in [7, 11) is 1.55. The summed E-state index contributed by atoms with van der Waals surface area (Å²) in [6, 6.07) is 15.0. The molecule has 2 aromatic carbocycles. The van der Waals surface area contributed by atoms with Crippen LogP contribution in [0.4, 0.5) is 4.39 Å². The number of aliphatic hydroxyl groups excluding tert-OH is 1. The highest BCUT2D eigenvalue weighted by Gasteiger charge is 2.46. The van der Waals surface area contributed by atoms with Crippen LogP contribution in [-0.4, -0.2) is 33.8 Å². The van der Waals surface area contributed by atoms with Crippen molar-refractivity contribution in [2.24, 2.45) is 0 Å². The summed E-state index contributed by atoms with van der Waals surface area (Å²) in [5.41, 5.74) is 2.21. The second-order valence-electron chi connectivity index (χ2n) is 7.49. The van der Waals surface area contributed by atoms with Crippen molar-refractivity contribution in [2.45, 2.75) is 19.5 Å². The first-order valence-corrected chi connectivity index (χ1v) is 9.99. The summed E-state index contributed by atoms with van der Waals surface area (Å²) < 4.78 is 18.6. The molecule has 1 aliphatic rings. The highest BCUT2D eigenvalue weighted by Crippen LogP contribution is 2.39. The molecule has 1 fully saturated rings. The van der Waals surface area contributed by atoms with Gasteiger partial charge in [-0.2, -0.15) is 0 Å². The first-order valence-electron chi connectivity index (χ1n) is 9.99. The molecule has 0 saturated carbocycles. The zero-order chi connectivity index (χ0) is 22.8. The number of carbonyl (C=O) groups is 2. The lowest BCUT2D eigenvalue weighted by atomic mass is 9.97. The number of halogens is 1. The minimum Gasteiger partial charge on any atom is -0.507 e. The van der Waals surface area contributed by atoms with Crippen molar-refractivity contribution in [1.82, 2.24) is 9.88 Å². The number of amides is 1. The quantitative estimate of drug-likeness (QED) is 0.372. The number of benzene rings is 2. The predicted octanol–water partition coefficient (Wildman–Crippen LogP) is 4.16. The van der Waals surface area contributed by atoms with Crippen LogP contribution in [0, 0.1) is 12.7 Å². The number of aromatic nitrogens is 1. The van der Waals surface area contributed by atoms with E-state index in [-0.39, 0.29) is 17.9 Å². The maximum atomic E-state index is 13.3. The third-order valence-corrected chi connectivity index (χ3v) is 5.44. The summed E-state index contributed by atoms with van der Waals surface area (Å²) in [6.45, 7) is 1.88. The molecule has 0 bridgehead atoms. The molecule has 2 heterocycles. The van der Waals surface area contributed by atoms with Crippen LogP contribution in [0.5, 0.6) is 5.75 Å². The highest BCUT2D eigenvalue weighted by molar-refractivity contribution is 6.46. The molecule has 7 heteroatoms. The molecular formula is C25H21FN2O4. The van der Waals surface area contributed by atoms with Crippen LogP contribution >= 0.6 is 0 Å². The number of likely N-dealkylation sites (tertiary alicyclic amines) is 1. The van der Waals surface area contributed by atoms with Gasteiger partial charge in [0.1, 0.15) is 23.4 Å². The van der Waals surface area contributed by atoms with Crippen LogP contribution in [0.15, 0.2) is 72.4 Å². The van der Waals surface area contributed by atoms with Gasteiger partial charge in [0.15, 0.2) is 0 Å². The number of nitrogens with zero attached hydrogens (tertiary/aromatic N) is 2. The van der Waals surface area contributed by atoms with Gasteiger partial charge in [-0.3, -0.25) is 14.6 Å². The lowest BCUT2D eigenvalue weighted by molar-refractivity contribution is -0.140. The normalized spacial score (nSPS) is 17.6. The van der Waals surface area contributed by atoms with Gasteiger partial charge in [0, 0.05) is 18.3 Å². The lowest BCUT2D eigenvalue weighted by Gasteiger charge is -2.24. The Bertz CT molecular complexity index is 1210. The lowest BCUT2D eigenvalue weighted by Crippen LogP contribution is -2.29. The second kappa shape index (κ2) is 8.63. The molecule has 1 unspecified atom stereocenters. The van der Waals surface area contributed by atoms with E-state index in [2.05, 4.69) is 4.98 Å². The predicted molar refractivity (Wildman–Crippen MR) is 116 cm³/mol. The third-order valence-electron chi connectivity index (χ3n) is 5.44. The number of hydrogen-bond acceptors (Lipinski definition) is 5. The molecule has 32 heavy (non-hydrogen) atoms. The van der Waals surface area contributed by atoms with Crippen molar-refractivity contribution in [1.29, 1.82) is 0 Å². The Hall–Kier alpha value is -4.00. The third kappa shape index (κ3) is 3.85. The smallest absolute Gasteiger partial charge is 0.296 e. The van der Waals surface area contributed by atoms with E-state index in [9.17, 15) is 19.1 Å². The van der Waals surface area contributed by atoms with Gasteiger partial charge in [-0.15, -0.1) is 0 Å². The van der Waals surface area contributed by atoms with E-state index < -0.39 is 23.5 Å². The Morgan fingerprint density at radius 2 is 1.88 bits per heavy atom. The van der Waals surface area contributed by atoms with Gasteiger partial charge in [-0.1, -0.05) is 18.2 Å². The van der Waals surface area contributed by atoms with Crippen molar-refractivity contribution < 1.29 is 23.8 Å². The molecule has 1 aliphatic heterocycles. The average Bonchev–Trinajstić information content (AvgIpc) is 3.05. The number of carbonyl (C=O) groups excluding carboxylic acids is 2. The molecule has 4 rings (SSSR count). The fraction of sp³-hybridized carbons (Fsp3) is 0.160. The Kier molecular flexibility index (Phi) is 5.73. The van der Waals surface area contributed by atoms with E-state index in [1.54, 1.807) is 61.8 Å². The summed E-state index contributed by atoms with van der Waals surface area (Å²) in [5, 5.41) is 11.1. The number of aryl methyl sites for hydroxylation is 1. The number of pyridine rings is 1. The molecule has 1 N–H and O–H groups in total. The monoisotopic (exact) mass is 432 g/mol. The molecule has 0 aliphatic carbocycles. The average molecular weight is 432 g/mol. The molecule has 1 atom stereocenters. The number of rotatable bonds is 5. The van der Waals surface area contributed by atoms with Crippen molar-refractivity contribution in [2.75, 3.05) is 7.11 Å². The Morgan fingerprint density at radius 1 is 1.12 bits per heavy atom. The first-order chi connectivity index (χ1) is 15.4.